The average Bonchev–Trinajstić information content (AvgIpc) is 3.25. The standard InChI is InChI=1S/C12H11F5N2O/c13-7-6(8(14)10(16)11(17)9(7)15)12(20)19-3-5(18)4-1-2-4/h4-5H,1-3,18H2,(H,19,20). The highest BCUT2D eigenvalue weighted by molar-refractivity contribution is 5.94. The predicted molar refractivity (Wildman–Crippen MR) is 59.3 cm³/mol. The highest BCUT2D eigenvalue weighted by Gasteiger charge is 2.31. The molecule has 1 aromatic carbocycles. The zero-order chi connectivity index (χ0) is 15.0. The van der Waals surface area contributed by atoms with E-state index in [4.69, 9.17) is 5.73 Å². The molecule has 110 valence electrons. The molecule has 0 saturated heterocycles. The zero-order valence-electron chi connectivity index (χ0n) is 10.2. The minimum Gasteiger partial charge on any atom is -0.350 e. The van der Waals surface area contributed by atoms with Crippen LogP contribution in [0.15, 0.2) is 0 Å². The lowest BCUT2D eigenvalue weighted by Gasteiger charge is -2.13. The topological polar surface area (TPSA) is 55.1 Å². The molecule has 2 rings (SSSR count). The Morgan fingerprint density at radius 3 is 1.95 bits per heavy atom. The molecule has 0 aliphatic heterocycles. The van der Waals surface area contributed by atoms with Gasteiger partial charge in [0.1, 0.15) is 5.56 Å². The Morgan fingerprint density at radius 2 is 1.50 bits per heavy atom. The third kappa shape index (κ3) is 2.60. The second kappa shape index (κ2) is 5.35. The van der Waals surface area contributed by atoms with E-state index in [1.807, 2.05) is 0 Å². The van der Waals surface area contributed by atoms with Crippen molar-refractivity contribution in [1.29, 1.82) is 0 Å². The molecule has 20 heavy (non-hydrogen) atoms. The molecule has 0 heterocycles. The first kappa shape index (κ1) is 14.7. The van der Waals surface area contributed by atoms with Gasteiger partial charge in [-0.15, -0.1) is 0 Å². The molecule has 1 amide bonds. The smallest absolute Gasteiger partial charge is 0.257 e. The molecule has 1 aliphatic rings. The van der Waals surface area contributed by atoms with Crippen molar-refractivity contribution in [2.24, 2.45) is 11.7 Å². The van der Waals surface area contributed by atoms with Crippen molar-refractivity contribution in [2.75, 3.05) is 6.54 Å². The number of nitrogens with two attached hydrogens (primary N) is 1. The lowest BCUT2D eigenvalue weighted by molar-refractivity contribution is 0.0938. The first-order valence-electron chi connectivity index (χ1n) is 5.89. The quantitative estimate of drug-likeness (QED) is 0.506. The number of carbonyl (C=O) groups is 1. The van der Waals surface area contributed by atoms with E-state index >= 15 is 0 Å². The fourth-order valence-corrected chi connectivity index (χ4v) is 1.79. The molecular weight excluding hydrogens is 283 g/mol. The van der Waals surface area contributed by atoms with Crippen molar-refractivity contribution in [2.45, 2.75) is 18.9 Å². The summed E-state index contributed by atoms with van der Waals surface area (Å²) < 4.78 is 65.3. The summed E-state index contributed by atoms with van der Waals surface area (Å²) in [5.74, 6) is -12.1. The predicted octanol–water partition coefficient (Wildman–Crippen LogP) is 1.85. The second-order valence-electron chi connectivity index (χ2n) is 4.66. The van der Waals surface area contributed by atoms with Crippen LogP contribution in [0.3, 0.4) is 0 Å². The number of benzene rings is 1. The van der Waals surface area contributed by atoms with Crippen molar-refractivity contribution >= 4 is 5.91 Å². The number of nitrogens with one attached hydrogen (secondary N) is 1. The molecule has 3 nitrogen and oxygen atoms in total. The Labute approximate surface area is 110 Å². The zero-order valence-corrected chi connectivity index (χ0v) is 10.2. The van der Waals surface area contributed by atoms with Crippen LogP contribution in [0, 0.1) is 35.0 Å². The fourth-order valence-electron chi connectivity index (χ4n) is 1.79. The summed E-state index contributed by atoms with van der Waals surface area (Å²) in [6.45, 7) is -0.0943. The molecule has 1 fully saturated rings. The van der Waals surface area contributed by atoms with Crippen LogP contribution in [0.4, 0.5) is 22.0 Å². The number of hydrogen-bond acceptors (Lipinski definition) is 2. The summed E-state index contributed by atoms with van der Waals surface area (Å²) in [5, 5.41) is 2.08. The van der Waals surface area contributed by atoms with Gasteiger partial charge in [0.25, 0.3) is 5.91 Å². The van der Waals surface area contributed by atoms with Crippen LogP contribution in [0.25, 0.3) is 0 Å². The first-order valence-corrected chi connectivity index (χ1v) is 5.89. The molecule has 1 aliphatic carbocycles. The van der Waals surface area contributed by atoms with Crippen LogP contribution in [0.5, 0.6) is 0 Å². The van der Waals surface area contributed by atoms with Crippen molar-refractivity contribution < 1.29 is 26.7 Å². The summed E-state index contributed by atoms with van der Waals surface area (Å²) >= 11 is 0. The van der Waals surface area contributed by atoms with Crippen LogP contribution >= 0.6 is 0 Å². The number of carbonyl (C=O) groups excluding carboxylic acids is 1. The largest absolute Gasteiger partial charge is 0.350 e. The van der Waals surface area contributed by atoms with E-state index in [1.165, 1.54) is 0 Å². The summed E-state index contributed by atoms with van der Waals surface area (Å²) in [7, 11) is 0. The van der Waals surface area contributed by atoms with Gasteiger partial charge in [-0.1, -0.05) is 0 Å². The molecule has 1 unspecified atom stereocenters. The van der Waals surface area contributed by atoms with Gasteiger partial charge in [-0.2, -0.15) is 0 Å². The number of rotatable bonds is 4. The maximum Gasteiger partial charge on any atom is 0.257 e. The van der Waals surface area contributed by atoms with Crippen molar-refractivity contribution in [3.8, 4) is 0 Å². The highest BCUT2D eigenvalue weighted by atomic mass is 19.2. The van der Waals surface area contributed by atoms with Gasteiger partial charge in [0.05, 0.1) is 0 Å². The van der Waals surface area contributed by atoms with Gasteiger partial charge in [0, 0.05) is 12.6 Å². The highest BCUT2D eigenvalue weighted by Crippen LogP contribution is 2.31. The monoisotopic (exact) mass is 294 g/mol. The Morgan fingerprint density at radius 1 is 1.05 bits per heavy atom. The van der Waals surface area contributed by atoms with Gasteiger partial charge >= 0.3 is 0 Å². The van der Waals surface area contributed by atoms with Gasteiger partial charge < -0.3 is 11.1 Å². The van der Waals surface area contributed by atoms with Crippen molar-refractivity contribution in [3.05, 3.63) is 34.6 Å². The SMILES string of the molecule is NC(CNC(=O)c1c(F)c(F)c(F)c(F)c1F)C1CC1. The molecule has 1 saturated carbocycles. The van der Waals surface area contributed by atoms with E-state index in [2.05, 4.69) is 5.32 Å². The molecular formula is C12H11F5N2O. The molecule has 1 atom stereocenters. The third-order valence-corrected chi connectivity index (χ3v) is 3.16. The van der Waals surface area contributed by atoms with E-state index in [-0.39, 0.29) is 12.5 Å². The summed E-state index contributed by atoms with van der Waals surface area (Å²) in [6, 6.07) is -0.403. The average molecular weight is 294 g/mol. The Balaban J connectivity index is 2.20. The van der Waals surface area contributed by atoms with Gasteiger partial charge in [-0.3, -0.25) is 4.79 Å². The second-order valence-corrected chi connectivity index (χ2v) is 4.66. The van der Waals surface area contributed by atoms with E-state index in [1.54, 1.807) is 0 Å². The van der Waals surface area contributed by atoms with Crippen LogP contribution < -0.4 is 11.1 Å². The summed E-state index contributed by atoms with van der Waals surface area (Å²) in [5.41, 5.74) is 4.16. The van der Waals surface area contributed by atoms with Crippen molar-refractivity contribution in [3.63, 3.8) is 0 Å². The maximum atomic E-state index is 13.3. The Hall–Kier alpha value is -1.70. The Kier molecular flexibility index (Phi) is 3.94. The lowest BCUT2D eigenvalue weighted by Crippen LogP contribution is -2.39. The van der Waals surface area contributed by atoms with Crippen LogP contribution in [0.1, 0.15) is 23.2 Å². The normalized spacial score (nSPS) is 16.1. The minimum absolute atomic E-state index is 0.0943. The summed E-state index contributed by atoms with van der Waals surface area (Å²) in [4.78, 5) is 11.5. The molecule has 1 aromatic rings. The van der Waals surface area contributed by atoms with Gasteiger partial charge in [0.15, 0.2) is 23.3 Å². The van der Waals surface area contributed by atoms with Gasteiger partial charge in [-0.05, 0) is 18.8 Å². The fraction of sp³-hybridized carbons (Fsp3) is 0.417. The lowest BCUT2D eigenvalue weighted by atomic mass is 10.1. The van der Waals surface area contributed by atoms with Crippen LogP contribution in [-0.4, -0.2) is 18.5 Å². The summed E-state index contributed by atoms with van der Waals surface area (Å²) in [6.07, 6.45) is 1.78. The first-order chi connectivity index (χ1) is 9.34. The molecule has 8 heteroatoms. The number of halogens is 5. The Bertz CT molecular complexity index is 530. The molecule has 0 spiro atoms. The van der Waals surface area contributed by atoms with Gasteiger partial charge in [-0.25, -0.2) is 22.0 Å². The number of amides is 1. The molecule has 0 bridgehead atoms. The van der Waals surface area contributed by atoms with E-state index < -0.39 is 46.6 Å². The number of hydrogen-bond donors (Lipinski definition) is 2. The van der Waals surface area contributed by atoms with E-state index in [0.717, 1.165) is 12.8 Å². The van der Waals surface area contributed by atoms with Gasteiger partial charge in [0.2, 0.25) is 5.82 Å². The van der Waals surface area contributed by atoms with Crippen molar-refractivity contribution in [1.82, 2.24) is 5.32 Å². The minimum atomic E-state index is -2.30. The molecule has 3 N–H and O–H groups in total. The van der Waals surface area contributed by atoms with Crippen LogP contribution in [0.2, 0.25) is 0 Å². The third-order valence-electron chi connectivity index (χ3n) is 3.16. The van der Waals surface area contributed by atoms with Crippen LogP contribution in [-0.2, 0) is 0 Å². The molecule has 0 aromatic heterocycles. The van der Waals surface area contributed by atoms with E-state index in [0.29, 0.717) is 0 Å². The molecule has 0 radical (unpaired) electrons. The van der Waals surface area contributed by atoms with E-state index in [9.17, 15) is 26.7 Å². The maximum absolute atomic E-state index is 13.3.